The van der Waals surface area contributed by atoms with Crippen molar-refractivity contribution in [2.45, 2.75) is 13.0 Å². The molecular formula is C7H14N4O2. The van der Waals surface area contributed by atoms with Gasteiger partial charge in [0.2, 0.25) is 5.89 Å². The van der Waals surface area contributed by atoms with Gasteiger partial charge in [-0.1, -0.05) is 5.10 Å². The number of ether oxygens (including phenoxy) is 1. The topological polar surface area (TPSA) is 86.2 Å². The SMILES string of the molecule is COCCCNc1nnc(CN)o1. The molecule has 13 heavy (non-hydrogen) atoms. The summed E-state index contributed by atoms with van der Waals surface area (Å²) in [7, 11) is 1.67. The molecule has 3 N–H and O–H groups in total. The van der Waals surface area contributed by atoms with E-state index in [-0.39, 0.29) is 6.54 Å². The summed E-state index contributed by atoms with van der Waals surface area (Å²) >= 11 is 0. The summed E-state index contributed by atoms with van der Waals surface area (Å²) < 4.78 is 9.99. The number of nitrogens with one attached hydrogen (secondary N) is 1. The molecule has 0 fully saturated rings. The normalized spacial score (nSPS) is 10.3. The monoisotopic (exact) mass is 186 g/mol. The van der Waals surface area contributed by atoms with Crippen LogP contribution in [0.4, 0.5) is 6.01 Å². The molecule has 74 valence electrons. The molecule has 0 unspecified atom stereocenters. The van der Waals surface area contributed by atoms with Crippen LogP contribution in [-0.4, -0.2) is 30.5 Å². The summed E-state index contributed by atoms with van der Waals surface area (Å²) in [5.41, 5.74) is 5.30. The molecule has 1 aromatic rings. The number of anilines is 1. The van der Waals surface area contributed by atoms with Gasteiger partial charge >= 0.3 is 6.01 Å². The number of nitrogens with zero attached hydrogens (tertiary/aromatic N) is 2. The zero-order chi connectivity index (χ0) is 9.52. The minimum absolute atomic E-state index is 0.271. The molecule has 0 amide bonds. The van der Waals surface area contributed by atoms with Crippen molar-refractivity contribution in [1.82, 2.24) is 10.2 Å². The fraction of sp³-hybridized carbons (Fsp3) is 0.714. The van der Waals surface area contributed by atoms with Crippen LogP contribution in [0.5, 0.6) is 0 Å². The van der Waals surface area contributed by atoms with Crippen LogP contribution in [0.2, 0.25) is 0 Å². The standard InChI is InChI=1S/C7H14N4O2/c1-12-4-2-3-9-7-11-10-6(5-8)13-7/h2-5,8H2,1H3,(H,9,11). The van der Waals surface area contributed by atoms with E-state index < -0.39 is 0 Å². The molecule has 0 spiro atoms. The van der Waals surface area contributed by atoms with Crippen LogP contribution in [-0.2, 0) is 11.3 Å². The Balaban J connectivity index is 2.20. The van der Waals surface area contributed by atoms with E-state index in [0.717, 1.165) is 13.0 Å². The lowest BCUT2D eigenvalue weighted by Gasteiger charge is -1.99. The maximum Gasteiger partial charge on any atom is 0.315 e. The van der Waals surface area contributed by atoms with Gasteiger partial charge in [0.25, 0.3) is 0 Å². The van der Waals surface area contributed by atoms with Gasteiger partial charge in [-0.15, -0.1) is 5.10 Å². The van der Waals surface area contributed by atoms with E-state index in [0.29, 0.717) is 18.5 Å². The molecule has 0 bridgehead atoms. The zero-order valence-electron chi connectivity index (χ0n) is 7.62. The van der Waals surface area contributed by atoms with E-state index >= 15 is 0 Å². The second-order valence-corrected chi connectivity index (χ2v) is 2.48. The lowest BCUT2D eigenvalue weighted by molar-refractivity contribution is 0.197. The number of rotatable bonds is 6. The van der Waals surface area contributed by atoms with E-state index in [9.17, 15) is 0 Å². The summed E-state index contributed by atoms with van der Waals surface area (Å²) in [6.07, 6.45) is 0.900. The summed E-state index contributed by atoms with van der Waals surface area (Å²) in [6, 6.07) is 0.413. The molecule has 0 saturated heterocycles. The van der Waals surface area contributed by atoms with Gasteiger partial charge in [0, 0.05) is 20.3 Å². The molecule has 1 aromatic heterocycles. The third-order valence-electron chi connectivity index (χ3n) is 1.44. The van der Waals surface area contributed by atoms with Crippen molar-refractivity contribution in [3.8, 4) is 0 Å². The highest BCUT2D eigenvalue weighted by molar-refractivity contribution is 5.16. The quantitative estimate of drug-likeness (QED) is 0.607. The number of methoxy groups -OCH3 is 1. The lowest BCUT2D eigenvalue weighted by atomic mass is 10.4. The molecule has 6 heteroatoms. The summed E-state index contributed by atoms with van der Waals surface area (Å²) in [5, 5.41) is 10.4. The molecular weight excluding hydrogens is 172 g/mol. The van der Waals surface area contributed by atoms with E-state index in [2.05, 4.69) is 15.5 Å². The van der Waals surface area contributed by atoms with Crippen molar-refractivity contribution in [2.24, 2.45) is 5.73 Å². The fourth-order valence-electron chi connectivity index (χ4n) is 0.819. The highest BCUT2D eigenvalue weighted by Crippen LogP contribution is 2.03. The maximum absolute atomic E-state index is 5.30. The highest BCUT2D eigenvalue weighted by atomic mass is 16.5. The van der Waals surface area contributed by atoms with Gasteiger partial charge < -0.3 is 20.2 Å². The smallest absolute Gasteiger partial charge is 0.315 e. The molecule has 0 aliphatic heterocycles. The van der Waals surface area contributed by atoms with Crippen LogP contribution in [0.15, 0.2) is 4.42 Å². The molecule has 0 aliphatic rings. The van der Waals surface area contributed by atoms with Gasteiger partial charge in [-0.25, -0.2) is 0 Å². The van der Waals surface area contributed by atoms with Crippen molar-refractivity contribution in [3.63, 3.8) is 0 Å². The number of hydrogen-bond donors (Lipinski definition) is 2. The Labute approximate surface area is 76.5 Å². The van der Waals surface area contributed by atoms with Gasteiger partial charge in [0.05, 0.1) is 6.54 Å². The summed E-state index contributed by atoms with van der Waals surface area (Å²) in [6.45, 7) is 1.73. The molecule has 0 atom stereocenters. The number of nitrogens with two attached hydrogens (primary N) is 1. The number of aromatic nitrogens is 2. The molecule has 0 saturated carbocycles. The first-order chi connectivity index (χ1) is 6.36. The Morgan fingerprint density at radius 3 is 3.00 bits per heavy atom. The maximum atomic E-state index is 5.30. The Morgan fingerprint density at radius 2 is 2.38 bits per heavy atom. The fourth-order valence-corrected chi connectivity index (χ4v) is 0.819. The second kappa shape index (κ2) is 5.50. The van der Waals surface area contributed by atoms with E-state index in [1.165, 1.54) is 0 Å². The Bertz CT molecular complexity index is 238. The third kappa shape index (κ3) is 3.39. The summed E-state index contributed by atoms with van der Waals surface area (Å²) in [4.78, 5) is 0. The first-order valence-electron chi connectivity index (χ1n) is 4.12. The molecule has 0 radical (unpaired) electrons. The predicted octanol–water partition coefficient (Wildman–Crippen LogP) is -0.0233. The Kier molecular flexibility index (Phi) is 4.20. The Morgan fingerprint density at radius 1 is 1.54 bits per heavy atom. The predicted molar refractivity (Wildman–Crippen MR) is 47.2 cm³/mol. The first-order valence-corrected chi connectivity index (χ1v) is 4.12. The van der Waals surface area contributed by atoms with Gasteiger partial charge in [0.15, 0.2) is 0 Å². The number of hydrogen-bond acceptors (Lipinski definition) is 6. The van der Waals surface area contributed by atoms with Gasteiger partial charge in [0.1, 0.15) is 0 Å². The molecule has 1 heterocycles. The van der Waals surface area contributed by atoms with E-state index in [1.54, 1.807) is 7.11 Å². The van der Waals surface area contributed by atoms with Crippen molar-refractivity contribution in [3.05, 3.63) is 5.89 Å². The largest absolute Gasteiger partial charge is 0.407 e. The van der Waals surface area contributed by atoms with Gasteiger partial charge in [-0.3, -0.25) is 0 Å². The minimum Gasteiger partial charge on any atom is -0.407 e. The molecule has 6 nitrogen and oxygen atoms in total. The van der Waals surface area contributed by atoms with Crippen molar-refractivity contribution in [2.75, 3.05) is 25.6 Å². The van der Waals surface area contributed by atoms with Crippen LogP contribution < -0.4 is 11.1 Å². The molecule has 0 aliphatic carbocycles. The van der Waals surface area contributed by atoms with Crippen LogP contribution >= 0.6 is 0 Å². The Hall–Kier alpha value is -1.14. The molecule has 1 rings (SSSR count). The van der Waals surface area contributed by atoms with E-state index in [4.69, 9.17) is 14.9 Å². The third-order valence-corrected chi connectivity index (χ3v) is 1.44. The van der Waals surface area contributed by atoms with Crippen LogP contribution in [0.25, 0.3) is 0 Å². The first kappa shape index (κ1) is 9.94. The van der Waals surface area contributed by atoms with Crippen LogP contribution in [0, 0.1) is 0 Å². The zero-order valence-corrected chi connectivity index (χ0v) is 7.62. The van der Waals surface area contributed by atoms with Gasteiger partial charge in [-0.05, 0) is 6.42 Å². The van der Waals surface area contributed by atoms with E-state index in [1.807, 2.05) is 0 Å². The minimum atomic E-state index is 0.271. The summed E-state index contributed by atoms with van der Waals surface area (Å²) in [5.74, 6) is 0.439. The lowest BCUT2D eigenvalue weighted by Crippen LogP contribution is -2.04. The van der Waals surface area contributed by atoms with Crippen molar-refractivity contribution in [1.29, 1.82) is 0 Å². The van der Waals surface area contributed by atoms with Crippen molar-refractivity contribution < 1.29 is 9.15 Å². The average molecular weight is 186 g/mol. The van der Waals surface area contributed by atoms with Gasteiger partial charge in [-0.2, -0.15) is 0 Å². The highest BCUT2D eigenvalue weighted by Gasteiger charge is 2.01. The molecule has 0 aromatic carbocycles. The van der Waals surface area contributed by atoms with Crippen LogP contribution in [0.3, 0.4) is 0 Å². The average Bonchev–Trinajstić information content (AvgIpc) is 2.60. The van der Waals surface area contributed by atoms with Crippen LogP contribution in [0.1, 0.15) is 12.3 Å². The second-order valence-electron chi connectivity index (χ2n) is 2.48. The van der Waals surface area contributed by atoms with Crippen molar-refractivity contribution >= 4 is 6.01 Å².